The quantitative estimate of drug-likeness (QED) is 0.768. The lowest BCUT2D eigenvalue weighted by molar-refractivity contribution is 0.436. The van der Waals surface area contributed by atoms with Crippen molar-refractivity contribution in [1.29, 1.82) is 0 Å². The van der Waals surface area contributed by atoms with Gasteiger partial charge < -0.3 is 4.42 Å². The molecule has 0 spiro atoms. The Bertz CT molecular complexity index is 422. The van der Waals surface area contributed by atoms with Gasteiger partial charge in [-0.2, -0.15) is 0 Å². The molecule has 3 nitrogen and oxygen atoms in total. The Morgan fingerprint density at radius 3 is 2.53 bits per heavy atom. The van der Waals surface area contributed by atoms with Crippen LogP contribution in [-0.2, 0) is 6.42 Å². The number of benzene rings is 1. The summed E-state index contributed by atoms with van der Waals surface area (Å²) in [5.41, 5.74) is 1.29. The number of nitrogens with zero attached hydrogens (tertiary/aromatic N) is 2. The summed E-state index contributed by atoms with van der Waals surface area (Å²) < 4.78 is 5.40. The molecule has 0 unspecified atom stereocenters. The second kappa shape index (κ2) is 4.26. The summed E-state index contributed by atoms with van der Waals surface area (Å²) in [5, 5.41) is 7.86. The molecule has 0 aliphatic rings. The standard InChI is InChI=1S/C12H14N2O/c1-9(12-14-13-10(2)15-12)8-11-6-4-3-5-7-11/h3-7,9H,8H2,1-2H3/t9-/m0/s1. The van der Waals surface area contributed by atoms with Crippen LogP contribution in [0.3, 0.4) is 0 Å². The average Bonchev–Trinajstić information content (AvgIpc) is 2.66. The van der Waals surface area contributed by atoms with Crippen LogP contribution in [-0.4, -0.2) is 10.2 Å². The van der Waals surface area contributed by atoms with Gasteiger partial charge in [0.25, 0.3) is 0 Å². The third-order valence-corrected chi connectivity index (χ3v) is 2.35. The highest BCUT2D eigenvalue weighted by Crippen LogP contribution is 2.18. The molecule has 15 heavy (non-hydrogen) atoms. The summed E-state index contributed by atoms with van der Waals surface area (Å²) in [6.45, 7) is 3.91. The fourth-order valence-electron chi connectivity index (χ4n) is 1.57. The zero-order valence-corrected chi connectivity index (χ0v) is 8.97. The molecule has 0 saturated carbocycles. The van der Waals surface area contributed by atoms with Crippen molar-refractivity contribution in [3.63, 3.8) is 0 Å². The second-order valence-corrected chi connectivity index (χ2v) is 3.75. The van der Waals surface area contributed by atoms with Crippen LogP contribution in [0.1, 0.15) is 30.2 Å². The summed E-state index contributed by atoms with van der Waals surface area (Å²) in [6.07, 6.45) is 0.933. The highest BCUT2D eigenvalue weighted by Gasteiger charge is 2.12. The monoisotopic (exact) mass is 202 g/mol. The molecule has 0 aliphatic carbocycles. The van der Waals surface area contributed by atoms with E-state index < -0.39 is 0 Å². The van der Waals surface area contributed by atoms with Gasteiger partial charge in [-0.25, -0.2) is 0 Å². The van der Waals surface area contributed by atoms with E-state index >= 15 is 0 Å². The largest absolute Gasteiger partial charge is 0.425 e. The third-order valence-electron chi connectivity index (χ3n) is 2.35. The van der Waals surface area contributed by atoms with Crippen molar-refractivity contribution >= 4 is 0 Å². The Kier molecular flexibility index (Phi) is 2.81. The Morgan fingerprint density at radius 2 is 1.93 bits per heavy atom. The maximum absolute atomic E-state index is 5.40. The molecule has 0 fully saturated rings. The first kappa shape index (κ1) is 9.90. The molecular weight excluding hydrogens is 188 g/mol. The predicted octanol–water partition coefficient (Wildman–Crippen LogP) is 2.72. The van der Waals surface area contributed by atoms with Gasteiger partial charge in [-0.15, -0.1) is 10.2 Å². The first-order valence-corrected chi connectivity index (χ1v) is 5.09. The third kappa shape index (κ3) is 2.43. The molecule has 0 amide bonds. The van der Waals surface area contributed by atoms with Gasteiger partial charge in [0.15, 0.2) is 0 Å². The summed E-state index contributed by atoms with van der Waals surface area (Å²) in [7, 11) is 0. The van der Waals surface area contributed by atoms with E-state index in [0.717, 1.165) is 12.3 Å². The molecule has 0 N–H and O–H groups in total. The van der Waals surface area contributed by atoms with Crippen molar-refractivity contribution in [2.24, 2.45) is 0 Å². The second-order valence-electron chi connectivity index (χ2n) is 3.75. The molecule has 0 bridgehead atoms. The normalized spacial score (nSPS) is 12.7. The van der Waals surface area contributed by atoms with Crippen LogP contribution in [0, 0.1) is 6.92 Å². The Morgan fingerprint density at radius 1 is 1.20 bits per heavy atom. The van der Waals surface area contributed by atoms with E-state index in [1.54, 1.807) is 0 Å². The van der Waals surface area contributed by atoms with E-state index in [9.17, 15) is 0 Å². The molecular formula is C12H14N2O. The van der Waals surface area contributed by atoms with E-state index in [2.05, 4.69) is 29.3 Å². The first-order valence-electron chi connectivity index (χ1n) is 5.09. The van der Waals surface area contributed by atoms with Crippen molar-refractivity contribution in [3.8, 4) is 0 Å². The zero-order valence-electron chi connectivity index (χ0n) is 8.97. The van der Waals surface area contributed by atoms with E-state index in [1.165, 1.54) is 5.56 Å². The summed E-state index contributed by atoms with van der Waals surface area (Å²) >= 11 is 0. The molecule has 1 aromatic heterocycles. The van der Waals surface area contributed by atoms with Gasteiger partial charge in [0.2, 0.25) is 11.8 Å². The molecule has 2 rings (SSSR count). The van der Waals surface area contributed by atoms with Gasteiger partial charge in [0, 0.05) is 12.8 Å². The van der Waals surface area contributed by atoms with Gasteiger partial charge >= 0.3 is 0 Å². The van der Waals surface area contributed by atoms with Gasteiger partial charge in [0.1, 0.15) is 0 Å². The summed E-state index contributed by atoms with van der Waals surface area (Å²) in [4.78, 5) is 0. The van der Waals surface area contributed by atoms with Gasteiger partial charge in [-0.3, -0.25) is 0 Å². The zero-order chi connectivity index (χ0) is 10.7. The lowest BCUT2D eigenvalue weighted by atomic mass is 10.0. The minimum atomic E-state index is 0.272. The molecule has 3 heteroatoms. The van der Waals surface area contributed by atoms with Crippen LogP contribution in [0.25, 0.3) is 0 Å². The maximum Gasteiger partial charge on any atom is 0.219 e. The molecule has 1 aromatic carbocycles. The van der Waals surface area contributed by atoms with E-state index in [0.29, 0.717) is 5.89 Å². The summed E-state index contributed by atoms with van der Waals surface area (Å²) in [6, 6.07) is 10.3. The number of rotatable bonds is 3. The minimum absolute atomic E-state index is 0.272. The molecule has 1 heterocycles. The maximum atomic E-state index is 5.40. The van der Waals surface area contributed by atoms with Gasteiger partial charge in [0.05, 0.1) is 0 Å². The molecule has 1 atom stereocenters. The highest BCUT2D eigenvalue weighted by atomic mass is 16.4. The Hall–Kier alpha value is -1.64. The summed E-state index contributed by atoms with van der Waals surface area (Å²) in [5.74, 6) is 1.62. The molecule has 2 aromatic rings. The smallest absolute Gasteiger partial charge is 0.219 e. The fourth-order valence-corrected chi connectivity index (χ4v) is 1.57. The van der Waals surface area contributed by atoms with Crippen molar-refractivity contribution in [2.45, 2.75) is 26.2 Å². The van der Waals surface area contributed by atoms with E-state index in [4.69, 9.17) is 4.42 Å². The van der Waals surface area contributed by atoms with Crippen molar-refractivity contribution in [2.75, 3.05) is 0 Å². The minimum Gasteiger partial charge on any atom is -0.425 e. The fraction of sp³-hybridized carbons (Fsp3) is 0.333. The Labute approximate surface area is 89.2 Å². The van der Waals surface area contributed by atoms with Crippen molar-refractivity contribution in [1.82, 2.24) is 10.2 Å². The van der Waals surface area contributed by atoms with Crippen molar-refractivity contribution < 1.29 is 4.42 Å². The number of aromatic nitrogens is 2. The van der Waals surface area contributed by atoms with E-state index in [-0.39, 0.29) is 5.92 Å². The van der Waals surface area contributed by atoms with Crippen LogP contribution in [0.4, 0.5) is 0 Å². The number of hydrogen-bond donors (Lipinski definition) is 0. The molecule has 0 saturated heterocycles. The van der Waals surface area contributed by atoms with Gasteiger partial charge in [-0.05, 0) is 12.0 Å². The van der Waals surface area contributed by atoms with Crippen LogP contribution < -0.4 is 0 Å². The number of aryl methyl sites for hydroxylation is 1. The number of hydrogen-bond acceptors (Lipinski definition) is 3. The highest BCUT2D eigenvalue weighted by molar-refractivity contribution is 5.16. The van der Waals surface area contributed by atoms with Crippen LogP contribution in [0.2, 0.25) is 0 Å². The van der Waals surface area contributed by atoms with E-state index in [1.807, 2.05) is 25.1 Å². The van der Waals surface area contributed by atoms with Crippen molar-refractivity contribution in [3.05, 3.63) is 47.7 Å². The first-order chi connectivity index (χ1) is 7.25. The molecule has 0 radical (unpaired) electrons. The topological polar surface area (TPSA) is 38.9 Å². The van der Waals surface area contributed by atoms with Gasteiger partial charge in [-0.1, -0.05) is 37.3 Å². The van der Waals surface area contributed by atoms with Crippen LogP contribution in [0.15, 0.2) is 34.7 Å². The predicted molar refractivity (Wildman–Crippen MR) is 57.6 cm³/mol. The average molecular weight is 202 g/mol. The molecule has 0 aliphatic heterocycles. The lowest BCUT2D eigenvalue weighted by Gasteiger charge is -2.05. The Balaban J connectivity index is 2.07. The lowest BCUT2D eigenvalue weighted by Crippen LogP contribution is -1.98. The molecule has 78 valence electrons. The SMILES string of the molecule is Cc1nnc([C@@H](C)Cc2ccccc2)o1. The van der Waals surface area contributed by atoms with Crippen LogP contribution in [0.5, 0.6) is 0 Å². The van der Waals surface area contributed by atoms with Crippen LogP contribution >= 0.6 is 0 Å².